The Bertz CT molecular complexity index is 118. The number of hydrogen-bond acceptors (Lipinski definition) is 3. The quantitative estimate of drug-likeness (QED) is 0.352. The lowest BCUT2D eigenvalue weighted by molar-refractivity contribution is -0.132. The predicted molar refractivity (Wildman–Crippen MR) is 26.2 cm³/mol. The third-order valence-electron chi connectivity index (χ3n) is 0.424. The number of hydrogen-bond donors (Lipinski definition) is 0. The number of rotatable bonds is 2. The molecule has 8 heavy (non-hydrogen) atoms. The normalized spacial score (nSPS) is 9.12. The van der Waals surface area contributed by atoms with E-state index in [1.54, 1.807) is 0 Å². The Balaban J connectivity index is 3.52. The van der Waals surface area contributed by atoms with Crippen molar-refractivity contribution < 1.29 is 14.3 Å². The summed E-state index contributed by atoms with van der Waals surface area (Å²) >= 11 is 0. The number of nitrogens with zero attached hydrogens (tertiary/aromatic N) is 1. The molecule has 0 heterocycles. The third-order valence-corrected chi connectivity index (χ3v) is 0.424. The summed E-state index contributed by atoms with van der Waals surface area (Å²) in [6, 6.07) is 0. The molecule has 0 atom stereocenters. The molecule has 4 heteroatoms. The molecule has 0 rings (SSSR count). The van der Waals surface area contributed by atoms with E-state index in [0.29, 0.717) is 0 Å². The van der Waals surface area contributed by atoms with Crippen LogP contribution in [-0.2, 0) is 14.3 Å². The molecule has 0 N–H and O–H groups in total. The van der Waals surface area contributed by atoms with Crippen LogP contribution in [0.4, 0.5) is 0 Å². The number of esters is 1. The van der Waals surface area contributed by atoms with Gasteiger partial charge in [0.25, 0.3) is 0 Å². The fourth-order valence-corrected chi connectivity index (χ4v) is 0.132. The molecule has 0 spiro atoms. The molecule has 0 aromatic rings. The van der Waals surface area contributed by atoms with E-state index in [9.17, 15) is 9.59 Å². The standard InChI is InChI=1S/C4H4NO3/c1-8-4(7)2-5-3-6/h2H,1H3. The topological polar surface area (TPSA) is 55.7 Å². The highest BCUT2D eigenvalue weighted by Crippen LogP contribution is 1.64. The largest absolute Gasteiger partial charge is 0.465 e. The Morgan fingerprint density at radius 3 is 2.88 bits per heavy atom. The predicted octanol–water partition coefficient (Wildman–Crippen LogP) is -0.703. The first-order valence-corrected chi connectivity index (χ1v) is 1.79. The van der Waals surface area contributed by atoms with Crippen LogP contribution in [0.25, 0.3) is 0 Å². The molecule has 1 amide bonds. The summed E-state index contributed by atoms with van der Waals surface area (Å²) in [5.74, 6) is -0.659. The number of methoxy groups -OCH3 is 1. The van der Waals surface area contributed by atoms with E-state index in [1.165, 1.54) is 7.11 Å². The zero-order chi connectivity index (χ0) is 6.41. The molecule has 43 valence electrons. The van der Waals surface area contributed by atoms with E-state index in [-0.39, 0.29) is 0 Å². The van der Waals surface area contributed by atoms with Gasteiger partial charge in [-0.2, -0.15) is 0 Å². The van der Waals surface area contributed by atoms with E-state index in [4.69, 9.17) is 0 Å². The van der Waals surface area contributed by atoms with Crippen molar-refractivity contribution in [2.24, 2.45) is 4.99 Å². The van der Waals surface area contributed by atoms with E-state index >= 15 is 0 Å². The number of ether oxygens (including phenoxy) is 1. The van der Waals surface area contributed by atoms with Crippen LogP contribution in [0, 0.1) is 0 Å². The minimum Gasteiger partial charge on any atom is -0.465 e. The van der Waals surface area contributed by atoms with Crippen LogP contribution in [0.2, 0.25) is 0 Å². The van der Waals surface area contributed by atoms with Crippen molar-refractivity contribution in [3.05, 3.63) is 0 Å². The molecule has 0 saturated heterocycles. The fraction of sp³-hybridized carbons (Fsp3) is 0.250. The number of carbonyl (C=O) groups is 1. The Hall–Kier alpha value is -1.19. The Kier molecular flexibility index (Phi) is 3.39. The van der Waals surface area contributed by atoms with Gasteiger partial charge in [0.15, 0.2) is 0 Å². The average Bonchev–Trinajstić information content (AvgIpc) is 1.83. The summed E-state index contributed by atoms with van der Waals surface area (Å²) in [6.07, 6.45) is 1.89. The van der Waals surface area contributed by atoms with Gasteiger partial charge in [-0.1, -0.05) is 0 Å². The van der Waals surface area contributed by atoms with E-state index < -0.39 is 5.97 Å². The smallest absolute Gasteiger partial charge is 0.349 e. The summed E-state index contributed by atoms with van der Waals surface area (Å²) in [5, 5.41) is 0. The van der Waals surface area contributed by atoms with Crippen molar-refractivity contribution in [3.8, 4) is 0 Å². The Morgan fingerprint density at radius 2 is 2.50 bits per heavy atom. The molecule has 0 aromatic heterocycles. The molecule has 0 aliphatic carbocycles. The molecule has 0 aromatic carbocycles. The van der Waals surface area contributed by atoms with Crippen molar-refractivity contribution in [2.45, 2.75) is 0 Å². The van der Waals surface area contributed by atoms with E-state index in [1.807, 2.05) is 0 Å². The molecular weight excluding hydrogens is 110 g/mol. The third kappa shape index (κ3) is 3.02. The summed E-state index contributed by atoms with van der Waals surface area (Å²) in [4.78, 5) is 22.2. The zero-order valence-electron chi connectivity index (χ0n) is 4.25. The van der Waals surface area contributed by atoms with Crippen molar-refractivity contribution in [3.63, 3.8) is 0 Å². The fourth-order valence-electron chi connectivity index (χ4n) is 0.132. The van der Waals surface area contributed by atoms with Crippen LogP contribution in [0.5, 0.6) is 0 Å². The maximum absolute atomic E-state index is 10.0. The van der Waals surface area contributed by atoms with Crippen LogP contribution in [0.3, 0.4) is 0 Å². The highest BCUT2D eigenvalue weighted by molar-refractivity contribution is 6.24. The van der Waals surface area contributed by atoms with E-state index in [2.05, 4.69) is 9.73 Å². The van der Waals surface area contributed by atoms with Gasteiger partial charge in [-0.15, -0.1) is 0 Å². The summed E-state index contributed by atoms with van der Waals surface area (Å²) in [5.41, 5.74) is 0. The molecule has 0 bridgehead atoms. The van der Waals surface area contributed by atoms with Crippen molar-refractivity contribution in [1.82, 2.24) is 0 Å². The molecule has 0 aliphatic heterocycles. The molecule has 1 radical (unpaired) electrons. The Morgan fingerprint density at radius 1 is 1.88 bits per heavy atom. The second kappa shape index (κ2) is 3.98. The highest BCUT2D eigenvalue weighted by atomic mass is 16.5. The number of amides is 1. The average molecular weight is 114 g/mol. The molecule has 0 saturated carbocycles. The number of aliphatic imine (C=N–C) groups is 1. The first-order chi connectivity index (χ1) is 3.81. The van der Waals surface area contributed by atoms with Crippen LogP contribution in [0.1, 0.15) is 0 Å². The van der Waals surface area contributed by atoms with Gasteiger partial charge in [0.1, 0.15) is 6.21 Å². The number of carbonyl (C=O) groups excluding carboxylic acids is 2. The van der Waals surface area contributed by atoms with Gasteiger partial charge in [0.2, 0.25) is 0 Å². The van der Waals surface area contributed by atoms with Gasteiger partial charge < -0.3 is 4.74 Å². The van der Waals surface area contributed by atoms with Crippen LogP contribution in [-0.4, -0.2) is 25.7 Å². The SMILES string of the molecule is COC(=O)C=N[C]=O. The van der Waals surface area contributed by atoms with Crippen molar-refractivity contribution in [1.29, 1.82) is 0 Å². The first-order valence-electron chi connectivity index (χ1n) is 1.79. The lowest BCUT2D eigenvalue weighted by Gasteiger charge is -1.83. The Labute approximate surface area is 46.2 Å². The summed E-state index contributed by atoms with van der Waals surface area (Å²) < 4.78 is 4.09. The van der Waals surface area contributed by atoms with Gasteiger partial charge >= 0.3 is 12.4 Å². The lowest BCUT2D eigenvalue weighted by Crippen LogP contribution is -2.00. The first kappa shape index (κ1) is 6.81. The second-order valence-electron chi connectivity index (χ2n) is 0.873. The van der Waals surface area contributed by atoms with Gasteiger partial charge in [0, 0.05) is 0 Å². The van der Waals surface area contributed by atoms with E-state index in [0.717, 1.165) is 12.6 Å². The van der Waals surface area contributed by atoms with Crippen molar-refractivity contribution >= 4 is 18.6 Å². The molecular formula is C4H4NO3. The van der Waals surface area contributed by atoms with Gasteiger partial charge in [-0.3, -0.25) is 4.79 Å². The summed E-state index contributed by atoms with van der Waals surface area (Å²) in [6.45, 7) is 0. The van der Waals surface area contributed by atoms with Crippen LogP contribution >= 0.6 is 0 Å². The minimum atomic E-state index is -0.659. The highest BCUT2D eigenvalue weighted by Gasteiger charge is 1.88. The van der Waals surface area contributed by atoms with Crippen LogP contribution < -0.4 is 0 Å². The van der Waals surface area contributed by atoms with Gasteiger partial charge in [-0.25, -0.2) is 9.79 Å². The van der Waals surface area contributed by atoms with Crippen molar-refractivity contribution in [2.75, 3.05) is 7.11 Å². The minimum absolute atomic E-state index is 0.659. The zero-order valence-corrected chi connectivity index (χ0v) is 4.25. The molecule has 4 nitrogen and oxygen atoms in total. The monoisotopic (exact) mass is 114 g/mol. The lowest BCUT2D eigenvalue weighted by atomic mass is 10.7. The second-order valence-corrected chi connectivity index (χ2v) is 0.873. The maximum Gasteiger partial charge on any atom is 0.349 e. The summed E-state index contributed by atoms with van der Waals surface area (Å²) in [7, 11) is 1.19. The maximum atomic E-state index is 10.0. The molecule has 0 fully saturated rings. The molecule has 0 aliphatic rings. The van der Waals surface area contributed by atoms with Crippen LogP contribution in [0.15, 0.2) is 4.99 Å². The molecule has 0 unspecified atom stereocenters. The van der Waals surface area contributed by atoms with Gasteiger partial charge in [0.05, 0.1) is 7.11 Å². The van der Waals surface area contributed by atoms with Gasteiger partial charge in [-0.05, 0) is 0 Å².